The number of hydrogen-bond acceptors (Lipinski definition) is 4. The van der Waals surface area contributed by atoms with Gasteiger partial charge < -0.3 is 15.0 Å². The van der Waals surface area contributed by atoms with E-state index in [1.807, 2.05) is 25.1 Å². The van der Waals surface area contributed by atoms with Crippen LogP contribution in [0.25, 0.3) is 0 Å². The first-order valence-electron chi connectivity index (χ1n) is 8.87. The fourth-order valence-corrected chi connectivity index (χ4v) is 3.37. The lowest BCUT2D eigenvalue weighted by Gasteiger charge is -2.39. The van der Waals surface area contributed by atoms with Gasteiger partial charge in [-0.3, -0.25) is 9.69 Å². The summed E-state index contributed by atoms with van der Waals surface area (Å²) in [6.07, 6.45) is 0. The lowest BCUT2D eigenvalue weighted by molar-refractivity contribution is -0.120. The molecular weight excluding hydrogens is 369 g/mol. The van der Waals surface area contributed by atoms with Crippen molar-refractivity contribution >= 4 is 28.9 Å². The van der Waals surface area contributed by atoms with Crippen LogP contribution < -0.4 is 15.0 Å². The number of rotatable bonds is 5. The van der Waals surface area contributed by atoms with Crippen LogP contribution in [-0.2, 0) is 4.79 Å². The largest absolute Gasteiger partial charge is 0.495 e. The zero-order chi connectivity index (χ0) is 19.4. The van der Waals surface area contributed by atoms with Crippen LogP contribution in [0.4, 0.5) is 15.8 Å². The van der Waals surface area contributed by atoms with Crippen LogP contribution in [0.1, 0.15) is 6.92 Å². The summed E-state index contributed by atoms with van der Waals surface area (Å²) in [6, 6.07) is 11.1. The average molecular weight is 392 g/mol. The highest BCUT2D eigenvalue weighted by molar-refractivity contribution is 6.30. The molecule has 1 saturated heterocycles. The van der Waals surface area contributed by atoms with Crippen molar-refractivity contribution in [3.05, 3.63) is 53.3 Å². The van der Waals surface area contributed by atoms with E-state index in [4.69, 9.17) is 16.3 Å². The van der Waals surface area contributed by atoms with E-state index in [2.05, 4.69) is 15.1 Å². The van der Waals surface area contributed by atoms with E-state index in [-0.39, 0.29) is 17.8 Å². The van der Waals surface area contributed by atoms with Gasteiger partial charge in [0.1, 0.15) is 11.6 Å². The first kappa shape index (κ1) is 19.5. The van der Waals surface area contributed by atoms with Crippen molar-refractivity contribution < 1.29 is 13.9 Å². The smallest absolute Gasteiger partial charge is 0.241 e. The van der Waals surface area contributed by atoms with Gasteiger partial charge in [0.15, 0.2) is 0 Å². The number of anilines is 2. The Morgan fingerprint density at radius 3 is 2.44 bits per heavy atom. The molecular formula is C20H23ClFN3O2. The number of nitrogens with one attached hydrogen (secondary N) is 1. The predicted octanol–water partition coefficient (Wildman–Crippen LogP) is 3.64. The molecule has 3 rings (SSSR count). The van der Waals surface area contributed by atoms with Crippen LogP contribution in [0.3, 0.4) is 0 Å². The number of amides is 1. The summed E-state index contributed by atoms with van der Waals surface area (Å²) in [4.78, 5) is 16.8. The van der Waals surface area contributed by atoms with E-state index < -0.39 is 0 Å². The summed E-state index contributed by atoms with van der Waals surface area (Å²) in [7, 11) is 1.64. The highest BCUT2D eigenvalue weighted by atomic mass is 35.5. The van der Waals surface area contributed by atoms with E-state index in [1.54, 1.807) is 19.2 Å². The average Bonchev–Trinajstić information content (AvgIpc) is 2.69. The van der Waals surface area contributed by atoms with Crippen LogP contribution in [0, 0.1) is 5.82 Å². The number of carbonyl (C=O) groups is 1. The number of methoxy groups -OCH3 is 1. The zero-order valence-electron chi connectivity index (χ0n) is 15.4. The summed E-state index contributed by atoms with van der Waals surface area (Å²) in [5, 5.41) is 3.50. The number of benzene rings is 2. The van der Waals surface area contributed by atoms with Gasteiger partial charge in [0.05, 0.1) is 18.8 Å². The van der Waals surface area contributed by atoms with Crippen LogP contribution in [-0.4, -0.2) is 50.1 Å². The van der Waals surface area contributed by atoms with Crippen molar-refractivity contribution in [1.29, 1.82) is 0 Å². The molecule has 1 amide bonds. The molecule has 1 aliphatic rings. The van der Waals surface area contributed by atoms with Crippen molar-refractivity contribution in [2.45, 2.75) is 13.0 Å². The number of nitrogens with zero attached hydrogens (tertiary/aromatic N) is 2. The Hall–Kier alpha value is -2.31. The quantitative estimate of drug-likeness (QED) is 0.845. The van der Waals surface area contributed by atoms with E-state index in [1.165, 1.54) is 12.1 Å². The van der Waals surface area contributed by atoms with Gasteiger partial charge in [0, 0.05) is 36.9 Å². The third-order valence-corrected chi connectivity index (χ3v) is 5.07. The normalized spacial score (nSPS) is 16.1. The predicted molar refractivity (Wildman–Crippen MR) is 106 cm³/mol. The van der Waals surface area contributed by atoms with Gasteiger partial charge in [-0.05, 0) is 49.4 Å². The minimum Gasteiger partial charge on any atom is -0.495 e. The van der Waals surface area contributed by atoms with Gasteiger partial charge >= 0.3 is 0 Å². The molecule has 0 spiro atoms. The minimum absolute atomic E-state index is 0.101. The fourth-order valence-electron chi connectivity index (χ4n) is 3.21. The molecule has 7 heteroatoms. The van der Waals surface area contributed by atoms with Crippen LogP contribution in [0.2, 0.25) is 5.02 Å². The molecule has 144 valence electrons. The number of piperazine rings is 1. The third kappa shape index (κ3) is 4.70. The highest BCUT2D eigenvalue weighted by Gasteiger charge is 2.26. The Morgan fingerprint density at radius 1 is 1.15 bits per heavy atom. The fraction of sp³-hybridized carbons (Fsp3) is 0.350. The molecule has 1 heterocycles. The summed E-state index contributed by atoms with van der Waals surface area (Å²) >= 11 is 6.13. The standard InChI is InChI=1S/C20H23ClFN3O2/c1-14(20(26)23-17-6-4-16(22)5-7-17)24-9-11-25(12-10-24)18-13-15(21)3-8-19(18)27-2/h3-8,13-14H,9-12H2,1-2H3,(H,23,26). The van der Waals surface area contributed by atoms with Gasteiger partial charge in [0.25, 0.3) is 0 Å². The number of carbonyl (C=O) groups excluding carboxylic acids is 1. The Kier molecular flexibility index (Phi) is 6.19. The van der Waals surface area contributed by atoms with E-state index in [0.717, 1.165) is 37.6 Å². The molecule has 1 unspecified atom stereocenters. The van der Waals surface area contributed by atoms with Crippen molar-refractivity contribution in [2.75, 3.05) is 43.5 Å². The molecule has 0 saturated carbocycles. The molecule has 0 bridgehead atoms. The van der Waals surface area contributed by atoms with Gasteiger partial charge in [-0.25, -0.2) is 4.39 Å². The van der Waals surface area contributed by atoms with Crippen molar-refractivity contribution in [1.82, 2.24) is 4.90 Å². The molecule has 0 radical (unpaired) electrons. The summed E-state index contributed by atoms with van der Waals surface area (Å²) in [5.41, 5.74) is 1.56. The summed E-state index contributed by atoms with van der Waals surface area (Å²) in [6.45, 7) is 4.91. The molecule has 27 heavy (non-hydrogen) atoms. The van der Waals surface area contributed by atoms with E-state index in [9.17, 15) is 9.18 Å². The Balaban J connectivity index is 1.59. The second kappa shape index (κ2) is 8.59. The Bertz CT molecular complexity index is 792. The first-order valence-corrected chi connectivity index (χ1v) is 9.24. The van der Waals surface area contributed by atoms with Crippen molar-refractivity contribution in [2.24, 2.45) is 0 Å². The van der Waals surface area contributed by atoms with Crippen LogP contribution in [0.5, 0.6) is 5.75 Å². The molecule has 2 aromatic carbocycles. The topological polar surface area (TPSA) is 44.8 Å². The van der Waals surface area contributed by atoms with E-state index in [0.29, 0.717) is 10.7 Å². The summed E-state index contributed by atoms with van der Waals surface area (Å²) < 4.78 is 18.4. The second-order valence-corrected chi connectivity index (χ2v) is 6.95. The van der Waals surface area contributed by atoms with Crippen LogP contribution >= 0.6 is 11.6 Å². The Labute approximate surface area is 163 Å². The van der Waals surface area contributed by atoms with Gasteiger partial charge in [-0.1, -0.05) is 11.6 Å². The van der Waals surface area contributed by atoms with Crippen molar-refractivity contribution in [3.8, 4) is 5.75 Å². The van der Waals surface area contributed by atoms with Crippen LogP contribution in [0.15, 0.2) is 42.5 Å². The summed E-state index contributed by atoms with van der Waals surface area (Å²) in [5.74, 6) is 0.360. The maximum atomic E-state index is 13.0. The molecule has 1 fully saturated rings. The zero-order valence-corrected chi connectivity index (χ0v) is 16.2. The lowest BCUT2D eigenvalue weighted by atomic mass is 10.2. The maximum Gasteiger partial charge on any atom is 0.241 e. The molecule has 0 aromatic heterocycles. The number of halogens is 2. The number of ether oxygens (including phenoxy) is 1. The molecule has 0 aliphatic carbocycles. The minimum atomic E-state index is -0.325. The van der Waals surface area contributed by atoms with Crippen molar-refractivity contribution in [3.63, 3.8) is 0 Å². The third-order valence-electron chi connectivity index (χ3n) is 4.83. The molecule has 1 atom stereocenters. The monoisotopic (exact) mass is 391 g/mol. The molecule has 5 nitrogen and oxygen atoms in total. The second-order valence-electron chi connectivity index (χ2n) is 6.51. The Morgan fingerprint density at radius 2 is 1.81 bits per heavy atom. The van der Waals surface area contributed by atoms with Gasteiger partial charge in [-0.15, -0.1) is 0 Å². The van der Waals surface area contributed by atoms with Gasteiger partial charge in [0.2, 0.25) is 5.91 Å². The van der Waals surface area contributed by atoms with E-state index >= 15 is 0 Å². The molecule has 1 N–H and O–H groups in total. The van der Waals surface area contributed by atoms with Gasteiger partial charge in [-0.2, -0.15) is 0 Å². The molecule has 1 aliphatic heterocycles. The maximum absolute atomic E-state index is 13.0. The number of hydrogen-bond donors (Lipinski definition) is 1. The lowest BCUT2D eigenvalue weighted by Crippen LogP contribution is -2.52. The molecule has 2 aromatic rings. The first-order chi connectivity index (χ1) is 13.0. The highest BCUT2D eigenvalue weighted by Crippen LogP contribution is 2.32. The SMILES string of the molecule is COc1ccc(Cl)cc1N1CCN(C(C)C(=O)Nc2ccc(F)cc2)CC1.